The van der Waals surface area contributed by atoms with E-state index in [2.05, 4.69) is 34.6 Å². The van der Waals surface area contributed by atoms with Gasteiger partial charge in [0.2, 0.25) is 0 Å². The van der Waals surface area contributed by atoms with Gasteiger partial charge in [-0.05, 0) is 17.8 Å². The third kappa shape index (κ3) is 4.13. The van der Waals surface area contributed by atoms with E-state index in [1.165, 1.54) is 25.7 Å². The van der Waals surface area contributed by atoms with Crippen LogP contribution >= 0.6 is 0 Å². The fraction of sp³-hybridized carbons (Fsp3) is 1.00. The predicted octanol–water partition coefficient (Wildman–Crippen LogP) is 4.49. The summed E-state index contributed by atoms with van der Waals surface area (Å²) in [5, 5.41) is 0. The van der Waals surface area contributed by atoms with Crippen molar-refractivity contribution in [1.29, 1.82) is 0 Å². The van der Waals surface area contributed by atoms with Gasteiger partial charge in [-0.3, -0.25) is 0 Å². The zero-order valence-corrected chi connectivity index (χ0v) is 9.56. The molecular formula is C12H26. The highest BCUT2D eigenvalue weighted by molar-refractivity contribution is 4.66. The average Bonchev–Trinajstić information content (AvgIpc) is 2.11. The minimum atomic E-state index is 0.900. The molecular weight excluding hydrogens is 144 g/mol. The summed E-state index contributed by atoms with van der Waals surface area (Å²) in [6, 6.07) is 0. The zero-order valence-electron chi connectivity index (χ0n) is 9.56. The Labute approximate surface area is 78.8 Å². The molecule has 3 unspecified atom stereocenters. The molecule has 0 spiro atoms. The molecule has 0 nitrogen and oxygen atoms in total. The lowest BCUT2D eigenvalue weighted by Gasteiger charge is -2.25. The van der Waals surface area contributed by atoms with Crippen LogP contribution in [0.5, 0.6) is 0 Å². The molecule has 0 aliphatic carbocycles. The van der Waals surface area contributed by atoms with E-state index in [4.69, 9.17) is 0 Å². The van der Waals surface area contributed by atoms with Gasteiger partial charge in [0.25, 0.3) is 0 Å². The van der Waals surface area contributed by atoms with E-state index in [1.807, 2.05) is 0 Å². The first kappa shape index (κ1) is 12.0. The standard InChI is InChI=1S/C12H26/c1-6-8-9-11(4)12(5)10(3)7-2/h10-12H,6-9H2,1-5H3. The second kappa shape index (κ2) is 6.51. The van der Waals surface area contributed by atoms with Crippen LogP contribution < -0.4 is 0 Å². The average molecular weight is 170 g/mol. The minimum absolute atomic E-state index is 0.900. The first-order chi connectivity index (χ1) is 5.63. The summed E-state index contributed by atoms with van der Waals surface area (Å²) in [6.45, 7) is 11.8. The van der Waals surface area contributed by atoms with Gasteiger partial charge in [0.05, 0.1) is 0 Å². The summed E-state index contributed by atoms with van der Waals surface area (Å²) >= 11 is 0. The molecule has 0 heterocycles. The van der Waals surface area contributed by atoms with Crippen molar-refractivity contribution < 1.29 is 0 Å². The van der Waals surface area contributed by atoms with Crippen LogP contribution in [0.15, 0.2) is 0 Å². The Kier molecular flexibility index (Phi) is 6.51. The maximum Gasteiger partial charge on any atom is -0.0391 e. The molecule has 0 N–H and O–H groups in total. The molecule has 74 valence electrons. The summed E-state index contributed by atoms with van der Waals surface area (Å²) in [7, 11) is 0. The molecule has 0 amide bonds. The van der Waals surface area contributed by atoms with Crippen molar-refractivity contribution in [3.8, 4) is 0 Å². The lowest BCUT2D eigenvalue weighted by atomic mass is 9.81. The topological polar surface area (TPSA) is 0 Å². The lowest BCUT2D eigenvalue weighted by molar-refractivity contribution is 0.256. The number of hydrogen-bond acceptors (Lipinski definition) is 0. The van der Waals surface area contributed by atoms with Crippen molar-refractivity contribution in [1.82, 2.24) is 0 Å². The Balaban J connectivity index is 3.67. The van der Waals surface area contributed by atoms with Gasteiger partial charge in [-0.2, -0.15) is 0 Å². The smallest absolute Gasteiger partial charge is 0.0391 e. The van der Waals surface area contributed by atoms with Gasteiger partial charge >= 0.3 is 0 Å². The first-order valence-electron chi connectivity index (χ1n) is 5.63. The van der Waals surface area contributed by atoms with Crippen LogP contribution in [0.1, 0.15) is 60.3 Å². The Bertz CT molecular complexity index is 96.2. The van der Waals surface area contributed by atoms with E-state index in [9.17, 15) is 0 Å². The van der Waals surface area contributed by atoms with Crippen LogP contribution in [0.2, 0.25) is 0 Å². The molecule has 0 aliphatic rings. The molecule has 0 aromatic rings. The Morgan fingerprint density at radius 2 is 1.50 bits per heavy atom. The monoisotopic (exact) mass is 170 g/mol. The fourth-order valence-corrected chi connectivity index (χ4v) is 1.72. The summed E-state index contributed by atoms with van der Waals surface area (Å²) < 4.78 is 0. The van der Waals surface area contributed by atoms with Crippen LogP contribution in [0.3, 0.4) is 0 Å². The van der Waals surface area contributed by atoms with Gasteiger partial charge in [0, 0.05) is 0 Å². The van der Waals surface area contributed by atoms with E-state index < -0.39 is 0 Å². The maximum absolute atomic E-state index is 2.41. The largest absolute Gasteiger partial charge is 0.0654 e. The second-order valence-electron chi connectivity index (χ2n) is 4.36. The van der Waals surface area contributed by atoms with E-state index in [0.717, 1.165) is 17.8 Å². The number of hydrogen-bond donors (Lipinski definition) is 0. The lowest BCUT2D eigenvalue weighted by Crippen LogP contribution is -2.15. The van der Waals surface area contributed by atoms with Crippen molar-refractivity contribution in [3.63, 3.8) is 0 Å². The minimum Gasteiger partial charge on any atom is -0.0654 e. The summed E-state index contributed by atoms with van der Waals surface area (Å²) in [6.07, 6.45) is 5.50. The van der Waals surface area contributed by atoms with Crippen molar-refractivity contribution in [2.45, 2.75) is 60.3 Å². The normalized spacial score (nSPS) is 18.8. The Hall–Kier alpha value is 0. The van der Waals surface area contributed by atoms with Gasteiger partial charge in [-0.25, -0.2) is 0 Å². The molecule has 0 saturated heterocycles. The molecule has 0 radical (unpaired) electrons. The van der Waals surface area contributed by atoms with Gasteiger partial charge in [-0.15, -0.1) is 0 Å². The van der Waals surface area contributed by atoms with Crippen LogP contribution in [0.4, 0.5) is 0 Å². The quantitative estimate of drug-likeness (QED) is 0.551. The summed E-state index contributed by atoms with van der Waals surface area (Å²) in [5.41, 5.74) is 0. The number of unbranched alkanes of at least 4 members (excludes halogenated alkanes) is 1. The molecule has 0 aromatic heterocycles. The molecule has 0 bridgehead atoms. The van der Waals surface area contributed by atoms with E-state index >= 15 is 0 Å². The van der Waals surface area contributed by atoms with Crippen molar-refractivity contribution in [2.75, 3.05) is 0 Å². The van der Waals surface area contributed by atoms with Crippen molar-refractivity contribution in [2.24, 2.45) is 17.8 Å². The molecule has 0 aromatic carbocycles. The van der Waals surface area contributed by atoms with Crippen molar-refractivity contribution >= 4 is 0 Å². The first-order valence-corrected chi connectivity index (χ1v) is 5.63. The number of rotatable bonds is 6. The highest BCUT2D eigenvalue weighted by atomic mass is 14.2. The van der Waals surface area contributed by atoms with E-state index in [0.29, 0.717) is 0 Å². The maximum atomic E-state index is 2.41. The van der Waals surface area contributed by atoms with E-state index in [-0.39, 0.29) is 0 Å². The van der Waals surface area contributed by atoms with Crippen LogP contribution in [-0.4, -0.2) is 0 Å². The molecule has 0 fully saturated rings. The molecule has 0 heteroatoms. The SMILES string of the molecule is CCCCC(C)C(C)C(C)CC. The Morgan fingerprint density at radius 3 is 1.92 bits per heavy atom. The van der Waals surface area contributed by atoms with Gasteiger partial charge in [0.15, 0.2) is 0 Å². The molecule has 0 saturated carbocycles. The highest BCUT2D eigenvalue weighted by Gasteiger charge is 2.16. The molecule has 0 rings (SSSR count). The molecule has 0 aliphatic heterocycles. The van der Waals surface area contributed by atoms with Crippen LogP contribution in [0, 0.1) is 17.8 Å². The summed E-state index contributed by atoms with van der Waals surface area (Å²) in [4.78, 5) is 0. The molecule has 12 heavy (non-hydrogen) atoms. The fourth-order valence-electron chi connectivity index (χ4n) is 1.72. The predicted molar refractivity (Wildman–Crippen MR) is 57.3 cm³/mol. The van der Waals surface area contributed by atoms with Crippen LogP contribution in [0.25, 0.3) is 0 Å². The van der Waals surface area contributed by atoms with Gasteiger partial charge in [0.1, 0.15) is 0 Å². The zero-order chi connectivity index (χ0) is 9.56. The van der Waals surface area contributed by atoms with E-state index in [1.54, 1.807) is 0 Å². The van der Waals surface area contributed by atoms with Gasteiger partial charge < -0.3 is 0 Å². The van der Waals surface area contributed by atoms with Crippen LogP contribution in [-0.2, 0) is 0 Å². The second-order valence-corrected chi connectivity index (χ2v) is 4.36. The summed E-state index contributed by atoms with van der Waals surface area (Å²) in [5.74, 6) is 2.72. The molecule has 3 atom stereocenters. The van der Waals surface area contributed by atoms with Gasteiger partial charge in [-0.1, -0.05) is 60.3 Å². The third-order valence-corrected chi connectivity index (χ3v) is 3.45. The third-order valence-electron chi connectivity index (χ3n) is 3.45. The highest BCUT2D eigenvalue weighted by Crippen LogP contribution is 2.26. The Morgan fingerprint density at radius 1 is 0.917 bits per heavy atom. The van der Waals surface area contributed by atoms with Crippen molar-refractivity contribution in [3.05, 3.63) is 0 Å².